The molecule has 0 spiro atoms. The summed E-state index contributed by atoms with van der Waals surface area (Å²) in [7, 11) is 0. The molecule has 0 atom stereocenters. The molecule has 0 radical (unpaired) electrons. The summed E-state index contributed by atoms with van der Waals surface area (Å²) in [6.07, 6.45) is 1.02. The second kappa shape index (κ2) is 5.31. The summed E-state index contributed by atoms with van der Waals surface area (Å²) < 4.78 is 0. The Morgan fingerprint density at radius 1 is 1.05 bits per heavy atom. The van der Waals surface area contributed by atoms with E-state index in [0.29, 0.717) is 5.39 Å². The molecule has 2 aromatic rings. The molecule has 0 amide bonds. The largest absolute Gasteiger partial charge is 0.507 e. The van der Waals surface area contributed by atoms with E-state index in [0.717, 1.165) is 11.8 Å². The number of benzene rings is 2. The summed E-state index contributed by atoms with van der Waals surface area (Å²) in [4.78, 5) is 11.3. The molecule has 0 saturated heterocycles. The fourth-order valence-electron chi connectivity index (χ4n) is 3.39. The van der Waals surface area contributed by atoms with Gasteiger partial charge in [-0.25, -0.2) is 4.79 Å². The predicted octanol–water partition coefficient (Wildman–Crippen LogP) is 4.96. The Kier molecular flexibility index (Phi) is 3.94. The maximum absolute atomic E-state index is 11.3. The minimum Gasteiger partial charge on any atom is -0.507 e. The highest BCUT2D eigenvalue weighted by Crippen LogP contribution is 2.38. The smallest absolute Gasteiger partial charge is 0.340 e. The molecule has 2 N–H and O–H groups in total. The van der Waals surface area contributed by atoms with Crippen LogP contribution in [0.5, 0.6) is 5.75 Å². The molecule has 3 nitrogen and oxygen atoms in total. The molecule has 0 fully saturated rings. The van der Waals surface area contributed by atoms with Gasteiger partial charge in [-0.3, -0.25) is 0 Å². The molecule has 0 heterocycles. The Hall–Kier alpha value is -2.03. The van der Waals surface area contributed by atoms with Gasteiger partial charge >= 0.3 is 5.97 Å². The molecule has 0 bridgehead atoms. The molecule has 0 saturated carbocycles. The van der Waals surface area contributed by atoms with Crippen molar-refractivity contribution in [3.8, 4) is 5.75 Å². The van der Waals surface area contributed by atoms with Crippen LogP contribution in [0.15, 0.2) is 30.3 Å². The molecule has 3 heteroatoms. The van der Waals surface area contributed by atoms with E-state index in [4.69, 9.17) is 0 Å². The SMILES string of the molecule is CC(C)(C)CC(C)(C)c1ccc2c(C(=O)O)c(O)ccc2c1. The molecule has 0 aromatic heterocycles. The number of fused-ring (bicyclic) bond motifs is 1. The lowest BCUT2D eigenvalue weighted by molar-refractivity contribution is 0.0696. The van der Waals surface area contributed by atoms with Crippen LogP contribution in [0.2, 0.25) is 0 Å². The van der Waals surface area contributed by atoms with E-state index in [1.807, 2.05) is 12.1 Å². The first kappa shape index (κ1) is 16.3. The molecule has 118 valence electrons. The monoisotopic (exact) mass is 300 g/mol. The fourth-order valence-corrected chi connectivity index (χ4v) is 3.39. The van der Waals surface area contributed by atoms with Crippen LogP contribution in [-0.2, 0) is 5.41 Å². The Balaban J connectivity index is 2.57. The first-order valence-electron chi connectivity index (χ1n) is 7.51. The number of hydrogen-bond acceptors (Lipinski definition) is 2. The van der Waals surface area contributed by atoms with Crippen LogP contribution in [-0.4, -0.2) is 16.2 Å². The van der Waals surface area contributed by atoms with Gasteiger partial charge in [0, 0.05) is 0 Å². The van der Waals surface area contributed by atoms with Crippen LogP contribution in [0.1, 0.15) is 57.0 Å². The van der Waals surface area contributed by atoms with Gasteiger partial charge in [0.25, 0.3) is 0 Å². The normalized spacial score (nSPS) is 12.6. The minimum atomic E-state index is -1.11. The van der Waals surface area contributed by atoms with Crippen molar-refractivity contribution >= 4 is 16.7 Å². The maximum atomic E-state index is 11.3. The van der Waals surface area contributed by atoms with E-state index in [2.05, 4.69) is 34.6 Å². The van der Waals surface area contributed by atoms with Gasteiger partial charge in [-0.05, 0) is 39.7 Å². The van der Waals surface area contributed by atoms with Gasteiger partial charge in [0.2, 0.25) is 0 Å². The van der Waals surface area contributed by atoms with Crippen LogP contribution in [0.3, 0.4) is 0 Å². The first-order valence-corrected chi connectivity index (χ1v) is 7.51. The highest BCUT2D eigenvalue weighted by molar-refractivity contribution is 6.06. The average Bonchev–Trinajstić information content (AvgIpc) is 2.34. The van der Waals surface area contributed by atoms with Gasteiger partial charge in [0.15, 0.2) is 0 Å². The van der Waals surface area contributed by atoms with E-state index in [1.165, 1.54) is 11.6 Å². The summed E-state index contributed by atoms with van der Waals surface area (Å²) in [5.41, 5.74) is 1.35. The summed E-state index contributed by atoms with van der Waals surface area (Å²) in [6.45, 7) is 11.1. The molecular formula is C19H24O3. The van der Waals surface area contributed by atoms with E-state index >= 15 is 0 Å². The van der Waals surface area contributed by atoms with Crippen molar-refractivity contribution in [3.05, 3.63) is 41.5 Å². The van der Waals surface area contributed by atoms with E-state index in [-0.39, 0.29) is 22.1 Å². The third kappa shape index (κ3) is 3.24. The number of phenols is 1. The summed E-state index contributed by atoms with van der Waals surface area (Å²) >= 11 is 0. The maximum Gasteiger partial charge on any atom is 0.340 e. The zero-order chi connectivity index (χ0) is 16.7. The van der Waals surface area contributed by atoms with Crippen molar-refractivity contribution in [3.63, 3.8) is 0 Å². The van der Waals surface area contributed by atoms with E-state index < -0.39 is 5.97 Å². The predicted molar refractivity (Wildman–Crippen MR) is 89.7 cm³/mol. The topological polar surface area (TPSA) is 57.5 Å². The highest BCUT2D eigenvalue weighted by Gasteiger charge is 2.27. The number of carboxylic acids is 1. The summed E-state index contributed by atoms with van der Waals surface area (Å²) in [6, 6.07) is 9.03. The Morgan fingerprint density at radius 3 is 2.23 bits per heavy atom. The number of hydrogen-bond donors (Lipinski definition) is 2. The Morgan fingerprint density at radius 2 is 1.68 bits per heavy atom. The van der Waals surface area contributed by atoms with Crippen molar-refractivity contribution in [2.45, 2.75) is 46.5 Å². The molecule has 2 rings (SSSR count). The molecule has 0 aliphatic heterocycles. The lowest BCUT2D eigenvalue weighted by Gasteiger charge is -2.33. The van der Waals surface area contributed by atoms with Gasteiger partial charge in [-0.1, -0.05) is 58.9 Å². The van der Waals surface area contributed by atoms with Gasteiger partial charge in [-0.15, -0.1) is 0 Å². The van der Waals surface area contributed by atoms with Crippen LogP contribution in [0.4, 0.5) is 0 Å². The quantitative estimate of drug-likeness (QED) is 0.842. The zero-order valence-corrected chi connectivity index (χ0v) is 13.9. The van der Waals surface area contributed by atoms with Crippen LogP contribution >= 0.6 is 0 Å². The number of carbonyl (C=O) groups is 1. The highest BCUT2D eigenvalue weighted by atomic mass is 16.4. The van der Waals surface area contributed by atoms with Gasteiger partial charge in [-0.2, -0.15) is 0 Å². The van der Waals surface area contributed by atoms with E-state index in [1.54, 1.807) is 12.1 Å². The lowest BCUT2D eigenvalue weighted by Crippen LogP contribution is -2.24. The zero-order valence-electron chi connectivity index (χ0n) is 13.9. The molecule has 0 unspecified atom stereocenters. The standard InChI is InChI=1S/C19H24O3/c1-18(2,3)11-19(4,5)13-7-8-14-12(10-13)6-9-15(20)16(14)17(21)22/h6-10,20H,11H2,1-5H3,(H,21,22). The third-order valence-corrected chi connectivity index (χ3v) is 3.97. The number of aromatic hydroxyl groups is 1. The Bertz CT molecular complexity index is 721. The summed E-state index contributed by atoms with van der Waals surface area (Å²) in [5, 5.41) is 20.5. The fraction of sp³-hybridized carbons (Fsp3) is 0.421. The number of carboxylic acid groups (broad SMARTS) is 1. The second-order valence-electron chi connectivity index (χ2n) is 7.82. The van der Waals surface area contributed by atoms with E-state index in [9.17, 15) is 15.0 Å². The molecule has 0 aliphatic rings. The minimum absolute atomic E-state index is 0.00624. The first-order chi connectivity index (χ1) is 10.0. The number of aromatic carboxylic acids is 1. The summed E-state index contributed by atoms with van der Waals surface area (Å²) in [5.74, 6) is -1.30. The van der Waals surface area contributed by atoms with Crippen molar-refractivity contribution < 1.29 is 15.0 Å². The molecule has 0 aliphatic carbocycles. The van der Waals surface area contributed by atoms with Crippen molar-refractivity contribution in [1.82, 2.24) is 0 Å². The van der Waals surface area contributed by atoms with Crippen LogP contribution in [0, 0.1) is 5.41 Å². The van der Waals surface area contributed by atoms with Gasteiger partial charge in [0.05, 0.1) is 0 Å². The third-order valence-electron chi connectivity index (χ3n) is 3.97. The molecule has 2 aromatic carbocycles. The second-order valence-corrected chi connectivity index (χ2v) is 7.82. The van der Waals surface area contributed by atoms with Crippen molar-refractivity contribution in [2.75, 3.05) is 0 Å². The van der Waals surface area contributed by atoms with Crippen molar-refractivity contribution in [2.24, 2.45) is 5.41 Å². The van der Waals surface area contributed by atoms with Gasteiger partial charge in [0.1, 0.15) is 11.3 Å². The van der Waals surface area contributed by atoms with Crippen LogP contribution in [0.25, 0.3) is 10.8 Å². The van der Waals surface area contributed by atoms with Gasteiger partial charge < -0.3 is 10.2 Å². The lowest BCUT2D eigenvalue weighted by atomic mass is 9.72. The Labute approximate surface area is 131 Å². The van der Waals surface area contributed by atoms with Crippen molar-refractivity contribution in [1.29, 1.82) is 0 Å². The molecular weight excluding hydrogens is 276 g/mol. The average molecular weight is 300 g/mol. The molecule has 22 heavy (non-hydrogen) atoms. The number of rotatable bonds is 3. The van der Waals surface area contributed by atoms with Crippen LogP contribution < -0.4 is 0 Å².